The van der Waals surface area contributed by atoms with Gasteiger partial charge in [0.15, 0.2) is 5.78 Å². The van der Waals surface area contributed by atoms with Crippen LogP contribution in [0.15, 0.2) is 18.2 Å². The van der Waals surface area contributed by atoms with E-state index >= 15 is 0 Å². The van der Waals surface area contributed by atoms with Gasteiger partial charge in [0.2, 0.25) is 0 Å². The SMILES string of the molecule is COCCN1CCC(CNc2cc(C(C)=O)ccc2C#N)CC1. The number of carbonyl (C=O) groups excluding carboxylic acids is 1. The first-order chi connectivity index (χ1) is 11.1. The number of ketones is 1. The molecule has 124 valence electrons. The maximum atomic E-state index is 11.5. The second-order valence-electron chi connectivity index (χ2n) is 6.09. The van der Waals surface area contributed by atoms with Crippen LogP contribution in [0.3, 0.4) is 0 Å². The molecular weight excluding hydrogens is 290 g/mol. The largest absolute Gasteiger partial charge is 0.384 e. The molecule has 0 aromatic heterocycles. The van der Waals surface area contributed by atoms with Gasteiger partial charge in [-0.1, -0.05) is 0 Å². The molecule has 5 nitrogen and oxygen atoms in total. The number of hydrogen-bond donors (Lipinski definition) is 1. The van der Waals surface area contributed by atoms with E-state index < -0.39 is 0 Å². The molecule has 0 atom stereocenters. The van der Waals surface area contributed by atoms with E-state index in [1.54, 1.807) is 32.2 Å². The Hall–Kier alpha value is -1.90. The van der Waals surface area contributed by atoms with Crippen LogP contribution >= 0.6 is 0 Å². The summed E-state index contributed by atoms with van der Waals surface area (Å²) in [6, 6.07) is 7.39. The zero-order valence-electron chi connectivity index (χ0n) is 14.0. The maximum Gasteiger partial charge on any atom is 0.159 e. The van der Waals surface area contributed by atoms with Crippen LogP contribution in [-0.4, -0.2) is 50.6 Å². The summed E-state index contributed by atoms with van der Waals surface area (Å²) in [4.78, 5) is 13.9. The van der Waals surface area contributed by atoms with Crippen LogP contribution in [0.25, 0.3) is 0 Å². The average Bonchev–Trinajstić information content (AvgIpc) is 2.58. The molecule has 1 N–H and O–H groups in total. The predicted octanol–water partition coefficient (Wildman–Crippen LogP) is 2.53. The van der Waals surface area contributed by atoms with E-state index in [9.17, 15) is 10.1 Å². The first kappa shape index (κ1) is 17.5. The molecule has 0 amide bonds. The van der Waals surface area contributed by atoms with E-state index in [2.05, 4.69) is 16.3 Å². The average molecular weight is 315 g/mol. The van der Waals surface area contributed by atoms with Crippen LogP contribution in [0.2, 0.25) is 0 Å². The number of piperidine rings is 1. The number of benzene rings is 1. The van der Waals surface area contributed by atoms with Crippen molar-refractivity contribution in [3.8, 4) is 6.07 Å². The maximum absolute atomic E-state index is 11.5. The minimum Gasteiger partial charge on any atom is -0.384 e. The number of nitrogens with one attached hydrogen (secondary N) is 1. The van der Waals surface area contributed by atoms with E-state index in [1.165, 1.54) is 0 Å². The van der Waals surface area contributed by atoms with Crippen LogP contribution in [0.4, 0.5) is 5.69 Å². The van der Waals surface area contributed by atoms with Crippen LogP contribution in [0.5, 0.6) is 0 Å². The Balaban J connectivity index is 1.88. The lowest BCUT2D eigenvalue weighted by molar-refractivity contribution is 0.101. The number of Topliss-reactive ketones (excluding diaryl/α,β-unsaturated/α-hetero) is 1. The number of hydrogen-bond acceptors (Lipinski definition) is 5. The van der Waals surface area contributed by atoms with E-state index in [1.807, 2.05) is 0 Å². The Morgan fingerprint density at radius 1 is 1.43 bits per heavy atom. The van der Waals surface area contributed by atoms with Crippen LogP contribution in [0.1, 0.15) is 35.7 Å². The van der Waals surface area contributed by atoms with E-state index in [0.717, 1.165) is 51.3 Å². The summed E-state index contributed by atoms with van der Waals surface area (Å²) in [7, 11) is 1.73. The third-order valence-corrected chi connectivity index (χ3v) is 4.45. The highest BCUT2D eigenvalue weighted by atomic mass is 16.5. The molecular formula is C18H25N3O2. The van der Waals surface area contributed by atoms with Crippen molar-refractivity contribution in [2.75, 3.05) is 45.2 Å². The third-order valence-electron chi connectivity index (χ3n) is 4.45. The molecule has 1 aromatic carbocycles. The van der Waals surface area contributed by atoms with Crippen LogP contribution in [-0.2, 0) is 4.74 Å². The summed E-state index contributed by atoms with van der Waals surface area (Å²) in [5.41, 5.74) is 2.00. The summed E-state index contributed by atoms with van der Waals surface area (Å²) in [6.45, 7) is 6.35. The van der Waals surface area contributed by atoms with E-state index in [-0.39, 0.29) is 5.78 Å². The number of carbonyl (C=O) groups is 1. The molecule has 2 rings (SSSR count). The van der Waals surface area contributed by atoms with Gasteiger partial charge < -0.3 is 15.0 Å². The molecule has 1 fully saturated rings. The lowest BCUT2D eigenvalue weighted by Crippen LogP contribution is -2.37. The first-order valence-corrected chi connectivity index (χ1v) is 8.14. The van der Waals surface area contributed by atoms with Crippen molar-refractivity contribution in [1.29, 1.82) is 5.26 Å². The molecule has 0 unspecified atom stereocenters. The minimum absolute atomic E-state index is 0.0176. The highest BCUT2D eigenvalue weighted by molar-refractivity contribution is 5.95. The highest BCUT2D eigenvalue weighted by Gasteiger charge is 2.19. The van der Waals surface area contributed by atoms with Gasteiger partial charge in [-0.2, -0.15) is 5.26 Å². The van der Waals surface area contributed by atoms with Crippen molar-refractivity contribution in [2.24, 2.45) is 5.92 Å². The fraction of sp³-hybridized carbons (Fsp3) is 0.556. The molecule has 5 heteroatoms. The lowest BCUT2D eigenvalue weighted by Gasteiger charge is -2.32. The number of rotatable bonds is 7. The molecule has 23 heavy (non-hydrogen) atoms. The fourth-order valence-electron chi connectivity index (χ4n) is 2.90. The second kappa shape index (κ2) is 8.66. The Morgan fingerprint density at radius 2 is 2.17 bits per heavy atom. The van der Waals surface area contributed by atoms with Gasteiger partial charge >= 0.3 is 0 Å². The monoisotopic (exact) mass is 315 g/mol. The summed E-state index contributed by atoms with van der Waals surface area (Å²) >= 11 is 0. The second-order valence-corrected chi connectivity index (χ2v) is 6.09. The molecule has 0 aliphatic carbocycles. The number of nitriles is 1. The summed E-state index contributed by atoms with van der Waals surface area (Å²) in [5.74, 6) is 0.616. The van der Waals surface area contributed by atoms with Crippen molar-refractivity contribution >= 4 is 11.5 Å². The highest BCUT2D eigenvalue weighted by Crippen LogP contribution is 2.21. The zero-order chi connectivity index (χ0) is 16.7. The van der Waals surface area contributed by atoms with Crippen molar-refractivity contribution in [3.05, 3.63) is 29.3 Å². The fourth-order valence-corrected chi connectivity index (χ4v) is 2.90. The lowest BCUT2D eigenvalue weighted by atomic mass is 9.96. The summed E-state index contributed by atoms with van der Waals surface area (Å²) in [5, 5.41) is 12.6. The van der Waals surface area contributed by atoms with Gasteiger partial charge in [0, 0.05) is 25.8 Å². The Bertz CT molecular complexity index is 572. The molecule has 1 heterocycles. The normalized spacial score (nSPS) is 16.0. The van der Waals surface area contributed by atoms with Crippen molar-refractivity contribution < 1.29 is 9.53 Å². The zero-order valence-corrected chi connectivity index (χ0v) is 14.0. The van der Waals surface area contributed by atoms with E-state index in [0.29, 0.717) is 17.0 Å². The van der Waals surface area contributed by atoms with Gasteiger partial charge in [-0.3, -0.25) is 4.79 Å². The van der Waals surface area contributed by atoms with E-state index in [4.69, 9.17) is 4.74 Å². The van der Waals surface area contributed by atoms with Crippen molar-refractivity contribution in [2.45, 2.75) is 19.8 Å². The van der Waals surface area contributed by atoms with Crippen molar-refractivity contribution in [3.63, 3.8) is 0 Å². The van der Waals surface area contributed by atoms with Gasteiger partial charge in [0.05, 0.1) is 17.9 Å². The predicted molar refractivity (Wildman–Crippen MR) is 90.7 cm³/mol. The van der Waals surface area contributed by atoms with Gasteiger partial charge in [-0.15, -0.1) is 0 Å². The van der Waals surface area contributed by atoms with Gasteiger partial charge in [0.25, 0.3) is 0 Å². The smallest absolute Gasteiger partial charge is 0.159 e. The van der Waals surface area contributed by atoms with Crippen molar-refractivity contribution in [1.82, 2.24) is 4.90 Å². The van der Waals surface area contributed by atoms with Crippen LogP contribution in [0, 0.1) is 17.2 Å². The molecule has 0 bridgehead atoms. The Labute approximate surface area is 138 Å². The summed E-state index contributed by atoms with van der Waals surface area (Å²) < 4.78 is 5.12. The molecule has 0 radical (unpaired) electrons. The van der Waals surface area contributed by atoms with Gasteiger partial charge in [-0.25, -0.2) is 0 Å². The molecule has 1 aromatic rings. The number of nitrogens with zero attached hydrogens (tertiary/aromatic N) is 2. The molecule has 0 spiro atoms. The topological polar surface area (TPSA) is 65.4 Å². The standard InChI is InChI=1S/C18H25N3O2/c1-14(22)16-3-4-17(12-19)18(11-16)20-13-15-5-7-21(8-6-15)9-10-23-2/h3-4,11,15,20H,5-10,13H2,1-2H3. The minimum atomic E-state index is 0.0176. The molecule has 1 aliphatic heterocycles. The third kappa shape index (κ3) is 5.05. The number of likely N-dealkylation sites (tertiary alicyclic amines) is 1. The molecule has 1 saturated heterocycles. The quantitative estimate of drug-likeness (QED) is 0.783. The summed E-state index contributed by atoms with van der Waals surface area (Å²) in [6.07, 6.45) is 2.29. The number of ether oxygens (including phenoxy) is 1. The number of anilines is 1. The molecule has 1 aliphatic rings. The van der Waals surface area contributed by atoms with Gasteiger partial charge in [0.1, 0.15) is 6.07 Å². The number of methoxy groups -OCH3 is 1. The van der Waals surface area contributed by atoms with Crippen LogP contribution < -0.4 is 5.32 Å². The first-order valence-electron chi connectivity index (χ1n) is 8.14. The Kier molecular flexibility index (Phi) is 6.57. The van der Waals surface area contributed by atoms with Gasteiger partial charge in [-0.05, 0) is 57.0 Å². The Morgan fingerprint density at radius 3 is 2.78 bits per heavy atom. The molecule has 0 saturated carbocycles.